The Morgan fingerprint density at radius 2 is 1.81 bits per heavy atom. The molecular weight excluding hydrogens is 220 g/mol. The zero-order chi connectivity index (χ0) is 12.2. The third-order valence-corrected chi connectivity index (χ3v) is 4.27. The summed E-state index contributed by atoms with van der Waals surface area (Å²) in [5.41, 5.74) is 0.496. The van der Waals surface area contributed by atoms with Crippen molar-refractivity contribution < 1.29 is 14.6 Å². The fraction of sp³-hybridized carbons (Fsp3) is 0.333. The first-order valence-corrected chi connectivity index (χ1v) is 8.68. The summed E-state index contributed by atoms with van der Waals surface area (Å²) in [6, 6.07) is 7.49. The van der Waals surface area contributed by atoms with E-state index in [9.17, 15) is 4.79 Å². The Hall–Kier alpha value is -1.13. The van der Waals surface area contributed by atoms with Gasteiger partial charge < -0.3 is 0 Å². The van der Waals surface area contributed by atoms with Crippen LogP contribution in [-0.4, -0.2) is 20.7 Å². The highest BCUT2D eigenvalue weighted by molar-refractivity contribution is 6.88. The molecule has 0 heterocycles. The predicted molar refractivity (Wildman–Crippen MR) is 66.1 cm³/mol. The summed E-state index contributed by atoms with van der Waals surface area (Å²) in [6.07, 6.45) is 0. The normalized spacial score (nSPS) is 11.2. The van der Waals surface area contributed by atoms with E-state index in [1.807, 2.05) is 12.1 Å². The highest BCUT2D eigenvalue weighted by Gasteiger charge is 2.17. The van der Waals surface area contributed by atoms with Gasteiger partial charge in [-0.1, -0.05) is 37.0 Å². The van der Waals surface area contributed by atoms with Gasteiger partial charge in [0.25, 0.3) is 0 Å². The molecule has 0 spiro atoms. The number of hydrogen-bond donors (Lipinski definition) is 0. The van der Waals surface area contributed by atoms with Gasteiger partial charge in [0.2, 0.25) is 0 Å². The summed E-state index contributed by atoms with van der Waals surface area (Å²) in [6.45, 7) is 10.3. The summed E-state index contributed by atoms with van der Waals surface area (Å²) < 4.78 is 0. The molecule has 0 aliphatic heterocycles. The van der Waals surface area contributed by atoms with Gasteiger partial charge in [0, 0.05) is 0 Å². The minimum Gasteiger partial charge on any atom is -0.293 e. The van der Waals surface area contributed by atoms with Crippen LogP contribution in [0.4, 0.5) is 0 Å². The second kappa shape index (κ2) is 5.27. The highest BCUT2D eigenvalue weighted by atomic mass is 28.3. The van der Waals surface area contributed by atoms with Crippen molar-refractivity contribution in [1.82, 2.24) is 0 Å². The van der Waals surface area contributed by atoms with Crippen LogP contribution in [0, 0.1) is 6.92 Å². The Kier molecular flexibility index (Phi) is 4.26. The Labute approximate surface area is 97.3 Å². The van der Waals surface area contributed by atoms with Crippen LogP contribution in [0.25, 0.3) is 0 Å². The molecule has 1 rings (SSSR count). The summed E-state index contributed by atoms with van der Waals surface area (Å²) in [5, 5.41) is 1.31. The van der Waals surface area contributed by atoms with Crippen LogP contribution in [0.5, 0.6) is 0 Å². The van der Waals surface area contributed by atoms with Crippen LogP contribution in [0.3, 0.4) is 0 Å². The van der Waals surface area contributed by atoms with Crippen molar-refractivity contribution in [3.05, 3.63) is 36.8 Å². The standard InChI is InChI=1S/C12H17O3Si/c1-5-14-15-12(13)10-6-8-11(9-7-10)16(2,3)4/h6-9H,1,5H2,2-4H3. The van der Waals surface area contributed by atoms with Gasteiger partial charge in [-0.3, -0.25) is 4.89 Å². The molecule has 0 atom stereocenters. The lowest BCUT2D eigenvalue weighted by atomic mass is 10.2. The molecule has 0 unspecified atom stereocenters. The summed E-state index contributed by atoms with van der Waals surface area (Å²) in [7, 11) is -1.31. The molecule has 0 aromatic heterocycles. The lowest BCUT2D eigenvalue weighted by Gasteiger charge is -2.16. The molecule has 0 N–H and O–H groups in total. The lowest BCUT2D eigenvalue weighted by Crippen LogP contribution is -2.37. The van der Waals surface area contributed by atoms with Crippen LogP contribution in [0.15, 0.2) is 24.3 Å². The van der Waals surface area contributed by atoms with Crippen LogP contribution >= 0.6 is 0 Å². The van der Waals surface area contributed by atoms with Gasteiger partial charge in [0.1, 0.15) is 0 Å². The van der Waals surface area contributed by atoms with E-state index in [1.54, 1.807) is 12.1 Å². The maximum absolute atomic E-state index is 11.4. The van der Waals surface area contributed by atoms with Crippen molar-refractivity contribution in [2.45, 2.75) is 19.6 Å². The number of carbonyl (C=O) groups is 1. The molecule has 1 aromatic carbocycles. The smallest absolute Gasteiger partial charge is 0.293 e. The molecule has 1 aromatic rings. The molecule has 16 heavy (non-hydrogen) atoms. The van der Waals surface area contributed by atoms with Gasteiger partial charge in [-0.25, -0.2) is 4.79 Å². The van der Waals surface area contributed by atoms with Gasteiger partial charge in [-0.2, -0.15) is 4.89 Å². The van der Waals surface area contributed by atoms with Gasteiger partial charge >= 0.3 is 5.97 Å². The van der Waals surface area contributed by atoms with E-state index >= 15 is 0 Å². The van der Waals surface area contributed by atoms with E-state index in [0.717, 1.165) is 0 Å². The first-order chi connectivity index (χ1) is 7.45. The molecule has 0 aliphatic carbocycles. The van der Waals surface area contributed by atoms with E-state index in [1.165, 1.54) is 5.19 Å². The van der Waals surface area contributed by atoms with Gasteiger partial charge in [0.15, 0.2) is 0 Å². The average molecular weight is 237 g/mol. The number of benzene rings is 1. The van der Waals surface area contributed by atoms with E-state index < -0.39 is 14.0 Å². The second-order valence-electron chi connectivity index (χ2n) is 4.52. The van der Waals surface area contributed by atoms with Crippen LogP contribution in [0.1, 0.15) is 10.4 Å². The molecule has 0 bridgehead atoms. The summed E-state index contributed by atoms with van der Waals surface area (Å²) in [4.78, 5) is 20.4. The first-order valence-electron chi connectivity index (χ1n) is 5.18. The Morgan fingerprint density at radius 1 is 1.25 bits per heavy atom. The van der Waals surface area contributed by atoms with Crippen molar-refractivity contribution in [3.63, 3.8) is 0 Å². The molecular formula is C12H17O3Si. The largest absolute Gasteiger partial charge is 0.373 e. The van der Waals surface area contributed by atoms with E-state index in [0.29, 0.717) is 5.56 Å². The minimum absolute atomic E-state index is 0.110. The van der Waals surface area contributed by atoms with Crippen molar-refractivity contribution in [2.75, 3.05) is 6.61 Å². The van der Waals surface area contributed by atoms with Gasteiger partial charge in [0.05, 0.1) is 20.2 Å². The quantitative estimate of drug-likeness (QED) is 0.457. The van der Waals surface area contributed by atoms with Crippen molar-refractivity contribution >= 4 is 19.2 Å². The Morgan fingerprint density at radius 3 is 2.25 bits per heavy atom. The Balaban J connectivity index is 2.75. The van der Waals surface area contributed by atoms with E-state index in [4.69, 9.17) is 0 Å². The maximum atomic E-state index is 11.4. The van der Waals surface area contributed by atoms with Crippen molar-refractivity contribution in [3.8, 4) is 0 Å². The molecule has 0 saturated heterocycles. The van der Waals surface area contributed by atoms with Crippen molar-refractivity contribution in [1.29, 1.82) is 0 Å². The van der Waals surface area contributed by atoms with Crippen molar-refractivity contribution in [2.24, 2.45) is 0 Å². The fourth-order valence-electron chi connectivity index (χ4n) is 1.25. The summed E-state index contributed by atoms with van der Waals surface area (Å²) in [5.74, 6) is -0.481. The van der Waals surface area contributed by atoms with Crippen LogP contribution in [-0.2, 0) is 9.78 Å². The monoisotopic (exact) mass is 237 g/mol. The van der Waals surface area contributed by atoms with Crippen LogP contribution < -0.4 is 5.19 Å². The molecule has 87 valence electrons. The third kappa shape index (κ3) is 3.47. The molecule has 0 amide bonds. The highest BCUT2D eigenvalue weighted by Crippen LogP contribution is 2.06. The topological polar surface area (TPSA) is 35.5 Å². The van der Waals surface area contributed by atoms with E-state index in [2.05, 4.69) is 36.3 Å². The second-order valence-corrected chi connectivity index (χ2v) is 9.60. The molecule has 1 radical (unpaired) electrons. The lowest BCUT2D eigenvalue weighted by molar-refractivity contribution is -0.232. The SMILES string of the molecule is [CH2]COOC(=O)c1ccc([Si](C)(C)C)cc1. The number of hydrogen-bond acceptors (Lipinski definition) is 3. The number of carbonyl (C=O) groups excluding carboxylic acids is 1. The van der Waals surface area contributed by atoms with Crippen LogP contribution in [0.2, 0.25) is 19.6 Å². The Bertz CT molecular complexity index is 352. The molecule has 0 fully saturated rings. The fourth-order valence-corrected chi connectivity index (χ4v) is 2.42. The van der Waals surface area contributed by atoms with E-state index in [-0.39, 0.29) is 6.61 Å². The third-order valence-electron chi connectivity index (χ3n) is 2.20. The molecule has 0 aliphatic rings. The van der Waals surface area contributed by atoms with Gasteiger partial charge in [-0.15, -0.1) is 0 Å². The minimum atomic E-state index is -1.31. The molecule has 4 heteroatoms. The number of rotatable bonds is 4. The zero-order valence-corrected chi connectivity index (χ0v) is 10.9. The average Bonchev–Trinajstić information content (AvgIpc) is 2.25. The summed E-state index contributed by atoms with van der Waals surface area (Å²) >= 11 is 0. The predicted octanol–water partition coefficient (Wildman–Crippen LogP) is 2.15. The van der Waals surface area contributed by atoms with Gasteiger partial charge in [-0.05, 0) is 19.1 Å². The molecule has 3 nitrogen and oxygen atoms in total. The zero-order valence-electron chi connectivity index (χ0n) is 9.95. The maximum Gasteiger partial charge on any atom is 0.373 e. The first kappa shape index (κ1) is 12.9. The molecule has 0 saturated carbocycles.